The van der Waals surface area contributed by atoms with Gasteiger partial charge in [-0.1, -0.05) is 12.1 Å². The van der Waals surface area contributed by atoms with Crippen molar-refractivity contribution < 1.29 is 4.79 Å². The molecule has 102 valence electrons. The third-order valence-corrected chi connectivity index (χ3v) is 4.17. The second kappa shape index (κ2) is 5.21. The second-order valence-electron chi connectivity index (χ2n) is 5.52. The molecule has 19 heavy (non-hydrogen) atoms. The van der Waals surface area contributed by atoms with Gasteiger partial charge in [-0.3, -0.25) is 4.79 Å². The Kier molecular flexibility index (Phi) is 3.42. The summed E-state index contributed by atoms with van der Waals surface area (Å²) in [6.45, 7) is 2.84. The van der Waals surface area contributed by atoms with Gasteiger partial charge in [0.05, 0.1) is 0 Å². The predicted octanol–water partition coefficient (Wildman–Crippen LogP) is 1.37. The third kappa shape index (κ3) is 2.59. The number of carbonyl (C=O) groups excluding carboxylic acids is 1. The second-order valence-corrected chi connectivity index (χ2v) is 5.52. The van der Waals surface area contributed by atoms with E-state index in [2.05, 4.69) is 28.8 Å². The Morgan fingerprint density at radius 1 is 1.42 bits per heavy atom. The first-order valence-corrected chi connectivity index (χ1v) is 7.06. The normalized spacial score (nSPS) is 23.1. The van der Waals surface area contributed by atoms with Crippen molar-refractivity contribution >= 4 is 11.6 Å². The number of hydrogen-bond acceptors (Lipinski definition) is 3. The van der Waals surface area contributed by atoms with Gasteiger partial charge in [-0.15, -0.1) is 0 Å². The molecule has 2 aliphatic rings. The molecule has 2 N–H and O–H groups in total. The first-order chi connectivity index (χ1) is 9.24. The number of hydrogen-bond donors (Lipinski definition) is 2. The van der Waals surface area contributed by atoms with Crippen LogP contribution in [0.5, 0.6) is 0 Å². The van der Waals surface area contributed by atoms with Crippen molar-refractivity contribution in [2.24, 2.45) is 0 Å². The fourth-order valence-corrected chi connectivity index (χ4v) is 2.94. The van der Waals surface area contributed by atoms with Crippen molar-refractivity contribution in [3.8, 4) is 0 Å². The summed E-state index contributed by atoms with van der Waals surface area (Å²) in [5.74, 6) is 0.242. The molecule has 4 heteroatoms. The molecule has 0 radical (unpaired) electrons. The van der Waals surface area contributed by atoms with Gasteiger partial charge in [0, 0.05) is 38.3 Å². The molecule has 1 unspecified atom stereocenters. The highest BCUT2D eigenvalue weighted by Crippen LogP contribution is 2.25. The highest BCUT2D eigenvalue weighted by Gasteiger charge is 2.24. The molecule has 0 spiro atoms. The van der Waals surface area contributed by atoms with E-state index in [-0.39, 0.29) is 11.9 Å². The minimum Gasteiger partial charge on any atom is -0.381 e. The molecule has 4 nitrogen and oxygen atoms in total. The Morgan fingerprint density at radius 3 is 3.16 bits per heavy atom. The van der Waals surface area contributed by atoms with Crippen LogP contribution in [0.4, 0.5) is 5.69 Å². The van der Waals surface area contributed by atoms with E-state index in [0.29, 0.717) is 6.42 Å². The summed E-state index contributed by atoms with van der Waals surface area (Å²) in [7, 11) is 1.88. The number of nitrogens with one attached hydrogen (secondary N) is 2. The fourth-order valence-electron chi connectivity index (χ4n) is 2.94. The number of piperidine rings is 1. The maximum Gasteiger partial charge on any atom is 0.224 e. The van der Waals surface area contributed by atoms with Gasteiger partial charge in [-0.2, -0.15) is 0 Å². The zero-order chi connectivity index (χ0) is 13.2. The molecule has 1 aromatic rings. The van der Waals surface area contributed by atoms with Crippen molar-refractivity contribution in [2.45, 2.75) is 31.8 Å². The standard InChI is InChI=1S/C15H21N3O/c1-18-8-6-12(9-15(18)19)17-14-4-2-3-11-5-7-16-10-13(11)14/h2-4,12,16-17H,5-10H2,1H3. The number of rotatable bonds is 2. The molecular formula is C15H21N3O. The Hall–Kier alpha value is -1.55. The van der Waals surface area contributed by atoms with Crippen LogP contribution in [0.25, 0.3) is 0 Å². The summed E-state index contributed by atoms with van der Waals surface area (Å²) in [6, 6.07) is 6.73. The minimum absolute atomic E-state index is 0.242. The van der Waals surface area contributed by atoms with E-state index in [4.69, 9.17) is 0 Å². The van der Waals surface area contributed by atoms with Crippen molar-refractivity contribution in [3.05, 3.63) is 29.3 Å². The number of fused-ring (bicyclic) bond motifs is 1. The Balaban J connectivity index is 1.75. The zero-order valence-corrected chi connectivity index (χ0v) is 11.4. The van der Waals surface area contributed by atoms with Crippen LogP contribution in [-0.4, -0.2) is 37.0 Å². The third-order valence-electron chi connectivity index (χ3n) is 4.17. The van der Waals surface area contributed by atoms with E-state index in [1.54, 1.807) is 0 Å². The van der Waals surface area contributed by atoms with Crippen molar-refractivity contribution in [3.63, 3.8) is 0 Å². The van der Waals surface area contributed by atoms with Crippen LogP contribution in [0.3, 0.4) is 0 Å². The summed E-state index contributed by atoms with van der Waals surface area (Å²) in [5.41, 5.74) is 4.01. The molecule has 0 saturated carbocycles. The molecule has 1 fully saturated rings. The van der Waals surface area contributed by atoms with Crippen LogP contribution in [0.1, 0.15) is 24.0 Å². The largest absolute Gasteiger partial charge is 0.381 e. The maximum absolute atomic E-state index is 11.8. The molecule has 0 aliphatic carbocycles. The fraction of sp³-hybridized carbons (Fsp3) is 0.533. The molecule has 0 aromatic heterocycles. The summed E-state index contributed by atoms with van der Waals surface area (Å²) < 4.78 is 0. The minimum atomic E-state index is 0.242. The van der Waals surface area contributed by atoms with E-state index in [0.717, 1.165) is 32.5 Å². The predicted molar refractivity (Wildman–Crippen MR) is 76.1 cm³/mol. The van der Waals surface area contributed by atoms with E-state index in [9.17, 15) is 4.79 Å². The maximum atomic E-state index is 11.8. The Labute approximate surface area is 114 Å². The van der Waals surface area contributed by atoms with Crippen LogP contribution in [0.2, 0.25) is 0 Å². The first kappa shape index (κ1) is 12.5. The lowest BCUT2D eigenvalue weighted by atomic mass is 9.97. The molecule has 0 bridgehead atoms. The average Bonchev–Trinajstić information content (AvgIpc) is 2.43. The lowest BCUT2D eigenvalue weighted by Gasteiger charge is -2.31. The molecule has 1 saturated heterocycles. The van der Waals surface area contributed by atoms with Gasteiger partial charge in [0.15, 0.2) is 0 Å². The van der Waals surface area contributed by atoms with Crippen molar-refractivity contribution in [2.75, 3.05) is 25.5 Å². The monoisotopic (exact) mass is 259 g/mol. The number of anilines is 1. The first-order valence-electron chi connectivity index (χ1n) is 7.06. The Morgan fingerprint density at radius 2 is 2.32 bits per heavy atom. The van der Waals surface area contributed by atoms with Crippen LogP contribution < -0.4 is 10.6 Å². The average molecular weight is 259 g/mol. The quantitative estimate of drug-likeness (QED) is 0.843. The lowest BCUT2D eigenvalue weighted by Crippen LogP contribution is -2.41. The van der Waals surface area contributed by atoms with Crippen LogP contribution in [0, 0.1) is 0 Å². The molecular weight excluding hydrogens is 238 g/mol. The van der Waals surface area contributed by atoms with Gasteiger partial charge in [0.2, 0.25) is 5.91 Å². The molecule has 1 amide bonds. The number of amides is 1. The van der Waals surface area contributed by atoms with Crippen molar-refractivity contribution in [1.82, 2.24) is 10.2 Å². The van der Waals surface area contributed by atoms with E-state index >= 15 is 0 Å². The number of benzene rings is 1. The van der Waals surface area contributed by atoms with Crippen LogP contribution >= 0.6 is 0 Å². The molecule has 2 heterocycles. The van der Waals surface area contributed by atoms with Gasteiger partial charge in [-0.25, -0.2) is 0 Å². The van der Waals surface area contributed by atoms with Gasteiger partial charge in [0.1, 0.15) is 0 Å². The van der Waals surface area contributed by atoms with E-state index < -0.39 is 0 Å². The van der Waals surface area contributed by atoms with Gasteiger partial charge >= 0.3 is 0 Å². The van der Waals surface area contributed by atoms with Gasteiger partial charge in [-0.05, 0) is 36.6 Å². The lowest BCUT2D eigenvalue weighted by molar-refractivity contribution is -0.132. The summed E-state index contributed by atoms with van der Waals surface area (Å²) in [5, 5.41) is 6.99. The van der Waals surface area contributed by atoms with Gasteiger partial charge < -0.3 is 15.5 Å². The van der Waals surface area contributed by atoms with Crippen molar-refractivity contribution in [1.29, 1.82) is 0 Å². The van der Waals surface area contributed by atoms with Crippen LogP contribution in [0.15, 0.2) is 18.2 Å². The van der Waals surface area contributed by atoms with Crippen LogP contribution in [-0.2, 0) is 17.8 Å². The summed E-state index contributed by atoms with van der Waals surface area (Å²) >= 11 is 0. The molecule has 1 aromatic carbocycles. The topological polar surface area (TPSA) is 44.4 Å². The number of carbonyl (C=O) groups is 1. The van der Waals surface area contributed by atoms with E-state index in [1.807, 2.05) is 11.9 Å². The summed E-state index contributed by atoms with van der Waals surface area (Å²) in [6.07, 6.45) is 2.73. The highest BCUT2D eigenvalue weighted by atomic mass is 16.2. The van der Waals surface area contributed by atoms with E-state index in [1.165, 1.54) is 16.8 Å². The smallest absolute Gasteiger partial charge is 0.224 e. The zero-order valence-electron chi connectivity index (χ0n) is 11.4. The molecule has 3 rings (SSSR count). The SMILES string of the molecule is CN1CCC(Nc2cccc3c2CNCC3)CC1=O. The molecule has 2 aliphatic heterocycles. The number of likely N-dealkylation sites (tertiary alicyclic amines) is 1. The Bertz CT molecular complexity index is 486. The molecule has 1 atom stereocenters. The highest BCUT2D eigenvalue weighted by molar-refractivity contribution is 5.78. The summed E-state index contributed by atoms with van der Waals surface area (Å²) in [4.78, 5) is 13.6. The number of nitrogens with zero attached hydrogens (tertiary/aromatic N) is 1. The van der Waals surface area contributed by atoms with Gasteiger partial charge in [0.25, 0.3) is 0 Å².